The van der Waals surface area contributed by atoms with E-state index in [1.54, 1.807) is 12.1 Å². The fourth-order valence-electron chi connectivity index (χ4n) is 2.34. The van der Waals surface area contributed by atoms with Crippen LogP contribution in [-0.2, 0) is 11.2 Å². The van der Waals surface area contributed by atoms with Crippen molar-refractivity contribution in [1.29, 1.82) is 0 Å². The third kappa shape index (κ3) is 4.00. The lowest BCUT2D eigenvalue weighted by atomic mass is 10.0. The maximum absolute atomic E-state index is 11.6. The predicted octanol–water partition coefficient (Wildman–Crippen LogP) is 3.19. The van der Waals surface area contributed by atoms with E-state index in [9.17, 15) is 9.59 Å². The molecule has 2 rings (SSSR count). The largest absolute Gasteiger partial charge is 0.480 e. The fourth-order valence-corrected chi connectivity index (χ4v) is 2.80. The molecule has 0 aliphatic carbocycles. The number of aliphatic carboxylic acids is 1. The summed E-state index contributed by atoms with van der Waals surface area (Å²) in [5, 5.41) is 8.91. The summed E-state index contributed by atoms with van der Waals surface area (Å²) in [5.41, 5.74) is 7.22. The molecule has 3 N–H and O–H groups in total. The molecular weight excluding hydrogens is 383 g/mol. The number of pyridine rings is 1. The third-order valence-corrected chi connectivity index (χ3v) is 4.42. The van der Waals surface area contributed by atoms with Crippen LogP contribution in [0.3, 0.4) is 0 Å². The lowest BCUT2D eigenvalue weighted by molar-refractivity contribution is -0.139. The molecule has 1 aromatic heterocycles. The number of aromatic nitrogens is 1. The fraction of sp³-hybridized carbons (Fsp3) is 0.235. The highest BCUT2D eigenvalue weighted by Gasteiger charge is 2.20. The molecule has 0 saturated carbocycles. The number of carbonyl (C=O) groups is 2. The number of benzene rings is 1. The zero-order valence-electron chi connectivity index (χ0n) is 14.0. The van der Waals surface area contributed by atoms with Crippen LogP contribution in [0.15, 0.2) is 18.2 Å². The smallest absolute Gasteiger partial charge is 0.341 e. The normalized spacial score (nSPS) is 10.5. The number of primary amides is 1. The van der Waals surface area contributed by atoms with Crippen molar-refractivity contribution >= 4 is 35.1 Å². The molecule has 0 saturated heterocycles. The van der Waals surface area contributed by atoms with Crippen molar-refractivity contribution in [3.63, 3.8) is 0 Å². The van der Waals surface area contributed by atoms with Gasteiger partial charge in [-0.1, -0.05) is 30.1 Å². The molecule has 0 bridgehead atoms. The van der Waals surface area contributed by atoms with E-state index >= 15 is 0 Å². The molecule has 0 aliphatic rings. The molecule has 26 heavy (non-hydrogen) atoms. The Balaban J connectivity index is 2.59. The number of ether oxygens (including phenoxy) is 2. The van der Waals surface area contributed by atoms with Gasteiger partial charge in [0, 0.05) is 5.56 Å². The van der Waals surface area contributed by atoms with Gasteiger partial charge in [-0.15, -0.1) is 0 Å². The summed E-state index contributed by atoms with van der Waals surface area (Å²) in [6.07, 6.45) is 0.553. The summed E-state index contributed by atoms with van der Waals surface area (Å²) in [6.45, 7) is 1.34. The quantitative estimate of drug-likeness (QED) is 0.740. The van der Waals surface area contributed by atoms with Crippen LogP contribution >= 0.6 is 23.2 Å². The van der Waals surface area contributed by atoms with Crippen molar-refractivity contribution < 1.29 is 24.2 Å². The second-order valence-electron chi connectivity index (χ2n) is 5.19. The van der Waals surface area contributed by atoms with Gasteiger partial charge < -0.3 is 20.3 Å². The summed E-state index contributed by atoms with van der Waals surface area (Å²) in [7, 11) is 1.38. The van der Waals surface area contributed by atoms with Gasteiger partial charge in [0.2, 0.25) is 5.88 Å². The molecule has 7 nitrogen and oxygen atoms in total. The van der Waals surface area contributed by atoms with Crippen LogP contribution in [0.25, 0.3) is 11.3 Å². The molecule has 0 aliphatic heterocycles. The van der Waals surface area contributed by atoms with Gasteiger partial charge in [-0.05, 0) is 30.2 Å². The van der Waals surface area contributed by atoms with Crippen molar-refractivity contribution in [3.05, 3.63) is 39.4 Å². The first-order valence-electron chi connectivity index (χ1n) is 7.50. The van der Waals surface area contributed by atoms with Gasteiger partial charge in [0.25, 0.3) is 5.91 Å². The van der Waals surface area contributed by atoms with Crippen LogP contribution < -0.4 is 15.2 Å². The Morgan fingerprint density at radius 3 is 2.50 bits per heavy atom. The van der Waals surface area contributed by atoms with Crippen LogP contribution in [0, 0.1) is 0 Å². The zero-order valence-corrected chi connectivity index (χ0v) is 15.5. The zero-order chi connectivity index (χ0) is 19.4. The molecule has 0 atom stereocenters. The first-order chi connectivity index (χ1) is 12.3. The van der Waals surface area contributed by atoms with Crippen molar-refractivity contribution in [2.45, 2.75) is 13.3 Å². The molecular formula is C17H16Cl2N2O5. The Kier molecular flexibility index (Phi) is 6.28. The standard InChI is InChI=1S/C17H16Cl2N2O5/c1-3-8-6-10(16(20)24)17(25-2)21-15(8)9-4-5-11(14(19)13(9)18)26-7-12(22)23/h4-6H,3,7H2,1-2H3,(H2,20,24)(H,22,23). The number of hydrogen-bond donors (Lipinski definition) is 2. The van der Waals surface area contributed by atoms with Gasteiger partial charge >= 0.3 is 5.97 Å². The van der Waals surface area contributed by atoms with Crippen LogP contribution in [-0.4, -0.2) is 35.7 Å². The number of rotatable bonds is 7. The molecule has 0 fully saturated rings. The van der Waals surface area contributed by atoms with E-state index in [1.165, 1.54) is 13.2 Å². The lowest BCUT2D eigenvalue weighted by Crippen LogP contribution is -2.14. The van der Waals surface area contributed by atoms with E-state index in [1.807, 2.05) is 6.92 Å². The summed E-state index contributed by atoms with van der Waals surface area (Å²) in [4.78, 5) is 26.6. The number of aryl methyl sites for hydroxylation is 1. The van der Waals surface area contributed by atoms with Crippen LogP contribution in [0.4, 0.5) is 0 Å². The van der Waals surface area contributed by atoms with Crippen LogP contribution in [0.5, 0.6) is 11.6 Å². The number of carboxylic acids is 1. The monoisotopic (exact) mass is 398 g/mol. The number of carboxylic acid groups (broad SMARTS) is 1. The van der Waals surface area contributed by atoms with E-state index in [-0.39, 0.29) is 27.2 Å². The molecule has 1 amide bonds. The summed E-state index contributed by atoms with van der Waals surface area (Å²) >= 11 is 12.5. The molecule has 0 radical (unpaired) electrons. The third-order valence-electron chi connectivity index (χ3n) is 3.56. The number of amides is 1. The average Bonchev–Trinajstić information content (AvgIpc) is 2.61. The maximum Gasteiger partial charge on any atom is 0.341 e. The van der Waals surface area contributed by atoms with E-state index in [0.29, 0.717) is 17.7 Å². The Labute approximate surface area is 159 Å². The number of nitrogens with zero attached hydrogens (tertiary/aromatic N) is 1. The minimum atomic E-state index is -1.14. The second kappa shape index (κ2) is 8.25. The van der Waals surface area contributed by atoms with Gasteiger partial charge in [0.1, 0.15) is 16.3 Å². The van der Waals surface area contributed by atoms with Crippen molar-refractivity contribution in [1.82, 2.24) is 4.98 Å². The molecule has 1 aromatic carbocycles. The SMILES string of the molecule is CCc1cc(C(N)=O)c(OC)nc1-c1ccc(OCC(=O)O)c(Cl)c1Cl. The topological polar surface area (TPSA) is 112 Å². The van der Waals surface area contributed by atoms with Crippen molar-refractivity contribution in [2.75, 3.05) is 13.7 Å². The molecule has 138 valence electrons. The van der Waals surface area contributed by atoms with Gasteiger partial charge in [-0.3, -0.25) is 4.79 Å². The summed E-state index contributed by atoms with van der Waals surface area (Å²) < 4.78 is 10.2. The predicted molar refractivity (Wildman–Crippen MR) is 97.3 cm³/mol. The number of nitrogens with two attached hydrogens (primary N) is 1. The van der Waals surface area contributed by atoms with E-state index in [4.69, 9.17) is 43.5 Å². The first kappa shape index (κ1) is 19.8. The second-order valence-corrected chi connectivity index (χ2v) is 5.95. The Hall–Kier alpha value is -2.51. The lowest BCUT2D eigenvalue weighted by Gasteiger charge is -2.15. The minimum absolute atomic E-state index is 0.0622. The van der Waals surface area contributed by atoms with Crippen LogP contribution in [0.1, 0.15) is 22.8 Å². The first-order valence-corrected chi connectivity index (χ1v) is 8.26. The molecule has 0 unspecified atom stereocenters. The molecule has 1 heterocycles. The van der Waals surface area contributed by atoms with Gasteiger partial charge in [0.15, 0.2) is 6.61 Å². The number of hydrogen-bond acceptors (Lipinski definition) is 5. The highest BCUT2D eigenvalue weighted by molar-refractivity contribution is 6.44. The molecule has 9 heteroatoms. The van der Waals surface area contributed by atoms with Crippen LogP contribution in [0.2, 0.25) is 10.0 Å². The molecule has 2 aromatic rings. The minimum Gasteiger partial charge on any atom is -0.480 e. The van der Waals surface area contributed by atoms with Crippen molar-refractivity contribution in [3.8, 4) is 22.9 Å². The average molecular weight is 399 g/mol. The Morgan fingerprint density at radius 2 is 1.96 bits per heavy atom. The van der Waals surface area contributed by atoms with Gasteiger partial charge in [-0.25, -0.2) is 9.78 Å². The number of methoxy groups -OCH3 is 1. The number of halogens is 2. The number of carbonyl (C=O) groups excluding carboxylic acids is 1. The van der Waals surface area contributed by atoms with E-state index < -0.39 is 18.5 Å². The van der Waals surface area contributed by atoms with E-state index in [0.717, 1.165) is 5.56 Å². The Morgan fingerprint density at radius 1 is 1.27 bits per heavy atom. The van der Waals surface area contributed by atoms with Gasteiger partial charge in [0.05, 0.1) is 17.8 Å². The van der Waals surface area contributed by atoms with Crippen molar-refractivity contribution in [2.24, 2.45) is 5.73 Å². The highest BCUT2D eigenvalue weighted by atomic mass is 35.5. The summed E-state index contributed by atoms with van der Waals surface area (Å²) in [6, 6.07) is 4.71. The Bertz CT molecular complexity index is 871. The molecule has 0 spiro atoms. The maximum atomic E-state index is 11.6. The van der Waals surface area contributed by atoms with Gasteiger partial charge in [-0.2, -0.15) is 0 Å². The summed E-state index contributed by atoms with van der Waals surface area (Å²) in [5.74, 6) is -1.58. The highest BCUT2D eigenvalue weighted by Crippen LogP contribution is 2.41. The van der Waals surface area contributed by atoms with E-state index in [2.05, 4.69) is 4.98 Å².